The highest BCUT2D eigenvalue weighted by atomic mass is 35.5. The molecule has 1 heterocycles. The second kappa shape index (κ2) is 6.98. The number of halogens is 2. The molecule has 2 N–H and O–H groups in total. The minimum atomic E-state index is -0.0257. The van der Waals surface area contributed by atoms with Crippen molar-refractivity contribution in [1.82, 2.24) is 10.6 Å². The van der Waals surface area contributed by atoms with Crippen molar-refractivity contribution in [3.05, 3.63) is 34.9 Å². The Morgan fingerprint density at radius 1 is 1.39 bits per heavy atom. The second-order valence-corrected chi connectivity index (χ2v) is 4.99. The van der Waals surface area contributed by atoms with Gasteiger partial charge in [0, 0.05) is 23.2 Å². The number of carbonyl (C=O) groups is 1. The third kappa shape index (κ3) is 3.87. The first-order valence-electron chi connectivity index (χ1n) is 5.94. The molecule has 2 atom stereocenters. The molecule has 3 nitrogen and oxygen atoms in total. The van der Waals surface area contributed by atoms with E-state index in [0.29, 0.717) is 16.5 Å². The number of nitrogens with one attached hydrogen (secondary N) is 2. The Bertz CT molecular complexity index is 394. The van der Waals surface area contributed by atoms with E-state index in [0.717, 1.165) is 19.5 Å². The molecule has 0 aliphatic carbocycles. The summed E-state index contributed by atoms with van der Waals surface area (Å²) in [7, 11) is 0. The van der Waals surface area contributed by atoms with Crippen LogP contribution in [-0.2, 0) is 0 Å². The highest BCUT2D eigenvalue weighted by molar-refractivity contribution is 6.30. The average Bonchev–Trinajstić information content (AvgIpc) is 2.33. The number of piperidine rings is 1. The van der Waals surface area contributed by atoms with E-state index in [-0.39, 0.29) is 24.4 Å². The molecule has 0 bridgehead atoms. The lowest BCUT2D eigenvalue weighted by Crippen LogP contribution is -2.50. The Kier molecular flexibility index (Phi) is 5.93. The van der Waals surface area contributed by atoms with Crippen LogP contribution < -0.4 is 10.6 Å². The summed E-state index contributed by atoms with van der Waals surface area (Å²) < 4.78 is 0. The summed E-state index contributed by atoms with van der Waals surface area (Å²) in [4.78, 5) is 12.0. The third-order valence-corrected chi connectivity index (χ3v) is 3.50. The Morgan fingerprint density at radius 2 is 2.06 bits per heavy atom. The van der Waals surface area contributed by atoms with Gasteiger partial charge >= 0.3 is 0 Å². The molecule has 2 unspecified atom stereocenters. The molecule has 0 radical (unpaired) electrons. The summed E-state index contributed by atoms with van der Waals surface area (Å²) in [6, 6.07) is 7.18. The van der Waals surface area contributed by atoms with Crippen molar-refractivity contribution in [3.63, 3.8) is 0 Å². The standard InChI is InChI=1S/C13H17ClN2O.ClH/c1-9-6-7-15-8-12(9)16-13(17)10-2-4-11(14)5-3-10;/h2-5,9,12,15H,6-8H2,1H3,(H,16,17);1H. The van der Waals surface area contributed by atoms with Gasteiger partial charge < -0.3 is 10.6 Å². The van der Waals surface area contributed by atoms with Crippen LogP contribution in [0.15, 0.2) is 24.3 Å². The van der Waals surface area contributed by atoms with E-state index < -0.39 is 0 Å². The van der Waals surface area contributed by atoms with Crippen molar-refractivity contribution in [2.24, 2.45) is 5.92 Å². The molecule has 0 saturated carbocycles. The van der Waals surface area contributed by atoms with Gasteiger partial charge in [0.15, 0.2) is 0 Å². The van der Waals surface area contributed by atoms with Gasteiger partial charge in [0.1, 0.15) is 0 Å². The zero-order valence-corrected chi connectivity index (χ0v) is 11.9. The number of amides is 1. The third-order valence-electron chi connectivity index (χ3n) is 3.25. The van der Waals surface area contributed by atoms with Crippen LogP contribution in [0.5, 0.6) is 0 Å². The molecule has 100 valence electrons. The van der Waals surface area contributed by atoms with Crippen molar-refractivity contribution in [2.75, 3.05) is 13.1 Å². The van der Waals surface area contributed by atoms with Crippen LogP contribution >= 0.6 is 24.0 Å². The molecule has 1 fully saturated rings. The lowest BCUT2D eigenvalue weighted by Gasteiger charge is -2.30. The zero-order valence-electron chi connectivity index (χ0n) is 10.3. The van der Waals surface area contributed by atoms with Gasteiger partial charge in [-0.1, -0.05) is 18.5 Å². The SMILES string of the molecule is CC1CCNCC1NC(=O)c1ccc(Cl)cc1.Cl. The van der Waals surface area contributed by atoms with Crippen molar-refractivity contribution < 1.29 is 4.79 Å². The Balaban J connectivity index is 0.00000162. The maximum absolute atomic E-state index is 12.0. The van der Waals surface area contributed by atoms with Crippen molar-refractivity contribution in [1.29, 1.82) is 0 Å². The van der Waals surface area contributed by atoms with Gasteiger partial charge in [0.25, 0.3) is 5.91 Å². The second-order valence-electron chi connectivity index (χ2n) is 4.56. The van der Waals surface area contributed by atoms with Crippen LogP contribution in [0.25, 0.3) is 0 Å². The maximum Gasteiger partial charge on any atom is 0.251 e. The van der Waals surface area contributed by atoms with E-state index in [1.54, 1.807) is 24.3 Å². The van der Waals surface area contributed by atoms with Gasteiger partial charge in [-0.2, -0.15) is 0 Å². The Hall–Kier alpha value is -0.770. The molecule has 1 amide bonds. The van der Waals surface area contributed by atoms with Gasteiger partial charge in [0.2, 0.25) is 0 Å². The molecule has 1 aliphatic heterocycles. The number of benzene rings is 1. The van der Waals surface area contributed by atoms with Crippen LogP contribution in [0.3, 0.4) is 0 Å². The number of rotatable bonds is 2. The van der Waals surface area contributed by atoms with E-state index in [1.165, 1.54) is 0 Å². The maximum atomic E-state index is 12.0. The molecule has 1 aliphatic rings. The average molecular weight is 289 g/mol. The molecule has 1 aromatic rings. The first-order chi connectivity index (χ1) is 8.16. The molecule has 1 aromatic carbocycles. The molecular formula is C13H18Cl2N2O. The Labute approximate surface area is 119 Å². The zero-order chi connectivity index (χ0) is 12.3. The quantitative estimate of drug-likeness (QED) is 0.878. The van der Waals surface area contributed by atoms with E-state index in [9.17, 15) is 4.79 Å². The highest BCUT2D eigenvalue weighted by Crippen LogP contribution is 2.13. The Morgan fingerprint density at radius 3 is 2.67 bits per heavy atom. The van der Waals surface area contributed by atoms with Gasteiger partial charge in [0.05, 0.1) is 0 Å². The number of hydrogen-bond donors (Lipinski definition) is 2. The molecule has 2 rings (SSSR count). The normalized spacial score (nSPS) is 23.0. The molecule has 5 heteroatoms. The van der Waals surface area contributed by atoms with Crippen LogP contribution in [0.1, 0.15) is 23.7 Å². The lowest BCUT2D eigenvalue weighted by atomic mass is 9.94. The summed E-state index contributed by atoms with van der Waals surface area (Å²) in [6.07, 6.45) is 1.10. The lowest BCUT2D eigenvalue weighted by molar-refractivity contribution is 0.0915. The summed E-state index contributed by atoms with van der Waals surface area (Å²) in [6.45, 7) is 4.06. The van der Waals surface area contributed by atoms with Gasteiger partial charge in [-0.25, -0.2) is 0 Å². The molecule has 0 aromatic heterocycles. The fourth-order valence-corrected chi connectivity index (χ4v) is 2.16. The monoisotopic (exact) mass is 288 g/mol. The largest absolute Gasteiger partial charge is 0.348 e. The van der Waals surface area contributed by atoms with E-state index in [4.69, 9.17) is 11.6 Å². The fourth-order valence-electron chi connectivity index (χ4n) is 2.04. The number of hydrogen-bond acceptors (Lipinski definition) is 2. The predicted octanol–water partition coefficient (Wildman–Crippen LogP) is 2.49. The van der Waals surface area contributed by atoms with Crippen LogP contribution in [0.4, 0.5) is 0 Å². The van der Waals surface area contributed by atoms with E-state index >= 15 is 0 Å². The smallest absolute Gasteiger partial charge is 0.251 e. The molecule has 1 saturated heterocycles. The van der Waals surface area contributed by atoms with E-state index in [1.807, 2.05) is 0 Å². The van der Waals surface area contributed by atoms with Gasteiger partial charge in [-0.3, -0.25) is 4.79 Å². The molecular weight excluding hydrogens is 271 g/mol. The number of carbonyl (C=O) groups excluding carboxylic acids is 1. The van der Waals surface area contributed by atoms with Crippen molar-refractivity contribution in [2.45, 2.75) is 19.4 Å². The van der Waals surface area contributed by atoms with Crippen LogP contribution in [0.2, 0.25) is 5.02 Å². The van der Waals surface area contributed by atoms with Crippen molar-refractivity contribution in [3.8, 4) is 0 Å². The minimum Gasteiger partial charge on any atom is -0.348 e. The summed E-state index contributed by atoms with van der Waals surface area (Å²) in [5.41, 5.74) is 0.659. The van der Waals surface area contributed by atoms with Gasteiger partial charge in [-0.15, -0.1) is 12.4 Å². The summed E-state index contributed by atoms with van der Waals surface area (Å²) in [5, 5.41) is 7.00. The molecule has 18 heavy (non-hydrogen) atoms. The van der Waals surface area contributed by atoms with E-state index in [2.05, 4.69) is 17.6 Å². The van der Waals surface area contributed by atoms with Gasteiger partial charge in [-0.05, 0) is 43.1 Å². The fraction of sp³-hybridized carbons (Fsp3) is 0.462. The summed E-state index contributed by atoms with van der Waals surface area (Å²) in [5.74, 6) is 0.495. The van der Waals surface area contributed by atoms with Crippen LogP contribution in [0, 0.1) is 5.92 Å². The van der Waals surface area contributed by atoms with Crippen LogP contribution in [-0.4, -0.2) is 25.0 Å². The highest BCUT2D eigenvalue weighted by Gasteiger charge is 2.22. The topological polar surface area (TPSA) is 41.1 Å². The van der Waals surface area contributed by atoms with Crippen molar-refractivity contribution >= 4 is 29.9 Å². The first-order valence-corrected chi connectivity index (χ1v) is 6.32. The first kappa shape index (κ1) is 15.3. The molecule has 0 spiro atoms. The minimum absolute atomic E-state index is 0. The predicted molar refractivity (Wildman–Crippen MR) is 76.6 cm³/mol. The summed E-state index contributed by atoms with van der Waals surface area (Å²) >= 11 is 5.79.